The van der Waals surface area contributed by atoms with Crippen LogP contribution in [0.2, 0.25) is 0 Å². The van der Waals surface area contributed by atoms with E-state index in [4.69, 9.17) is 0 Å². The number of rotatable bonds is 3. The van der Waals surface area contributed by atoms with Crippen LogP contribution in [0.1, 0.15) is 62.5 Å². The van der Waals surface area contributed by atoms with Gasteiger partial charge in [-0.05, 0) is 81.1 Å². The lowest BCUT2D eigenvalue weighted by Gasteiger charge is -2.62. The Kier molecular flexibility index (Phi) is 4.12. The minimum Gasteiger partial charge on any atom is -0.481 e. The molecule has 1 heterocycles. The molecule has 0 aromatic heterocycles. The zero-order valence-electron chi connectivity index (χ0n) is 16.8. The minimum atomic E-state index is -0.708. The normalized spacial score (nSPS) is 37.2. The number of carboxylic acids is 1. The maximum absolute atomic E-state index is 13.7. The SMILES string of the molecule is Cc1ccc(C23C[C@@H]4C[C@H](CC(C(=O)N5CCC(C(=O)O)CC5)(C4)C2)C3)cc1. The first-order valence-corrected chi connectivity index (χ1v) is 11.0. The van der Waals surface area contributed by atoms with Crippen molar-refractivity contribution in [2.45, 2.75) is 63.7 Å². The van der Waals surface area contributed by atoms with Crippen molar-refractivity contribution in [2.75, 3.05) is 13.1 Å². The highest BCUT2D eigenvalue weighted by molar-refractivity contribution is 5.84. The van der Waals surface area contributed by atoms with Gasteiger partial charge < -0.3 is 10.0 Å². The standard InChI is InChI=1S/C24H31NO3/c1-16-2-4-20(5-3-16)23-11-17-10-18(12-23)14-24(13-17,15-23)22(28)25-8-6-19(7-9-25)21(26)27/h2-5,17-19H,6-15H2,1H3,(H,26,27)/t17-,18-,23?,24?/m0/s1. The summed E-state index contributed by atoms with van der Waals surface area (Å²) in [5, 5.41) is 9.27. The smallest absolute Gasteiger partial charge is 0.306 e. The Labute approximate surface area is 167 Å². The van der Waals surface area contributed by atoms with Crippen LogP contribution in [0.4, 0.5) is 0 Å². The van der Waals surface area contributed by atoms with E-state index < -0.39 is 5.97 Å². The molecule has 1 aromatic carbocycles. The highest BCUT2D eigenvalue weighted by Gasteiger charge is 2.61. The number of nitrogens with zero attached hydrogens (tertiary/aromatic N) is 1. The average Bonchev–Trinajstić information content (AvgIpc) is 2.67. The first-order chi connectivity index (χ1) is 13.4. The number of piperidine rings is 1. The Morgan fingerprint density at radius 3 is 2.18 bits per heavy atom. The molecular formula is C24H31NO3. The van der Waals surface area contributed by atoms with E-state index in [1.807, 2.05) is 4.90 Å². The van der Waals surface area contributed by atoms with Gasteiger partial charge in [0.2, 0.25) is 5.91 Å². The highest BCUT2D eigenvalue weighted by atomic mass is 16.4. The van der Waals surface area contributed by atoms with Crippen LogP contribution in [0.25, 0.3) is 0 Å². The van der Waals surface area contributed by atoms with E-state index in [0.29, 0.717) is 43.7 Å². The van der Waals surface area contributed by atoms with Gasteiger partial charge in [-0.3, -0.25) is 9.59 Å². The molecule has 5 aliphatic rings. The number of hydrogen-bond donors (Lipinski definition) is 1. The fourth-order valence-corrected chi connectivity index (χ4v) is 7.42. The number of carbonyl (C=O) groups is 2. The number of carboxylic acid groups (broad SMARTS) is 1. The molecule has 4 nitrogen and oxygen atoms in total. The third-order valence-electron chi connectivity index (χ3n) is 8.31. The van der Waals surface area contributed by atoms with Gasteiger partial charge in [-0.2, -0.15) is 0 Å². The monoisotopic (exact) mass is 381 g/mol. The van der Waals surface area contributed by atoms with Gasteiger partial charge in [0.05, 0.1) is 11.3 Å². The highest BCUT2D eigenvalue weighted by Crippen LogP contribution is 2.66. The summed E-state index contributed by atoms with van der Waals surface area (Å²) in [7, 11) is 0. The molecule has 1 amide bonds. The Morgan fingerprint density at radius 2 is 1.61 bits per heavy atom. The Hall–Kier alpha value is -1.84. The summed E-state index contributed by atoms with van der Waals surface area (Å²) < 4.78 is 0. The van der Waals surface area contributed by atoms with Crippen molar-refractivity contribution < 1.29 is 14.7 Å². The second-order valence-corrected chi connectivity index (χ2v) is 10.3. The third-order valence-corrected chi connectivity index (χ3v) is 8.31. The van der Waals surface area contributed by atoms with Crippen LogP contribution in [0.5, 0.6) is 0 Å². The zero-order valence-corrected chi connectivity index (χ0v) is 16.8. The lowest BCUT2D eigenvalue weighted by Crippen LogP contribution is -2.60. The van der Waals surface area contributed by atoms with Gasteiger partial charge in [0.15, 0.2) is 0 Å². The topological polar surface area (TPSA) is 57.6 Å². The second-order valence-electron chi connectivity index (χ2n) is 10.3. The van der Waals surface area contributed by atoms with E-state index >= 15 is 0 Å². The minimum absolute atomic E-state index is 0.173. The predicted octanol–water partition coefficient (Wildman–Crippen LogP) is 4.16. The first-order valence-electron chi connectivity index (χ1n) is 11.0. The molecule has 0 radical (unpaired) electrons. The molecule has 4 aliphatic carbocycles. The van der Waals surface area contributed by atoms with Crippen LogP contribution < -0.4 is 0 Å². The molecule has 28 heavy (non-hydrogen) atoms. The van der Waals surface area contributed by atoms with Crippen molar-refractivity contribution in [3.8, 4) is 0 Å². The van der Waals surface area contributed by atoms with E-state index in [9.17, 15) is 14.7 Å². The first kappa shape index (κ1) is 18.2. The molecule has 1 aliphatic heterocycles. The second kappa shape index (κ2) is 6.33. The van der Waals surface area contributed by atoms with E-state index in [2.05, 4.69) is 31.2 Å². The van der Waals surface area contributed by atoms with Crippen molar-refractivity contribution in [3.05, 3.63) is 35.4 Å². The van der Waals surface area contributed by atoms with Crippen molar-refractivity contribution in [1.29, 1.82) is 0 Å². The molecule has 1 N–H and O–H groups in total. The van der Waals surface area contributed by atoms with Gasteiger partial charge in [0.1, 0.15) is 0 Å². The van der Waals surface area contributed by atoms with Gasteiger partial charge in [-0.25, -0.2) is 0 Å². The number of amides is 1. The number of benzene rings is 1. The van der Waals surface area contributed by atoms with Crippen LogP contribution >= 0.6 is 0 Å². The number of likely N-dealkylation sites (tertiary alicyclic amines) is 1. The molecule has 5 fully saturated rings. The van der Waals surface area contributed by atoms with Crippen molar-refractivity contribution in [2.24, 2.45) is 23.2 Å². The summed E-state index contributed by atoms with van der Waals surface area (Å²) in [6.45, 7) is 3.37. The van der Waals surface area contributed by atoms with Gasteiger partial charge in [0.25, 0.3) is 0 Å². The van der Waals surface area contributed by atoms with E-state index in [1.54, 1.807) is 0 Å². The summed E-state index contributed by atoms with van der Waals surface area (Å²) in [6.07, 6.45) is 8.08. The summed E-state index contributed by atoms with van der Waals surface area (Å²) in [6, 6.07) is 9.05. The van der Waals surface area contributed by atoms with Crippen molar-refractivity contribution in [3.63, 3.8) is 0 Å². The largest absolute Gasteiger partial charge is 0.481 e. The molecule has 4 saturated carbocycles. The maximum atomic E-state index is 13.7. The van der Waals surface area contributed by atoms with Crippen LogP contribution in [-0.2, 0) is 15.0 Å². The fourth-order valence-electron chi connectivity index (χ4n) is 7.42. The van der Waals surface area contributed by atoms with E-state index in [1.165, 1.54) is 30.4 Å². The molecule has 4 heteroatoms. The Balaban J connectivity index is 1.41. The number of carbonyl (C=O) groups excluding carboxylic acids is 1. The molecule has 1 saturated heterocycles. The van der Waals surface area contributed by atoms with E-state index in [0.717, 1.165) is 19.3 Å². The number of hydrogen-bond acceptors (Lipinski definition) is 2. The fraction of sp³-hybridized carbons (Fsp3) is 0.667. The van der Waals surface area contributed by atoms with Gasteiger partial charge in [-0.1, -0.05) is 29.8 Å². The van der Waals surface area contributed by atoms with Crippen LogP contribution in [0.3, 0.4) is 0 Å². The Morgan fingerprint density at radius 1 is 1.00 bits per heavy atom. The Bertz CT molecular complexity index is 777. The van der Waals surface area contributed by atoms with Crippen LogP contribution in [0.15, 0.2) is 24.3 Å². The van der Waals surface area contributed by atoms with Gasteiger partial charge in [-0.15, -0.1) is 0 Å². The summed E-state index contributed by atoms with van der Waals surface area (Å²) >= 11 is 0. The van der Waals surface area contributed by atoms with Crippen LogP contribution in [0, 0.1) is 30.1 Å². The van der Waals surface area contributed by atoms with Gasteiger partial charge >= 0.3 is 5.97 Å². The van der Waals surface area contributed by atoms with E-state index in [-0.39, 0.29) is 16.7 Å². The third kappa shape index (κ3) is 2.79. The molecule has 150 valence electrons. The number of aliphatic carboxylic acids is 1. The van der Waals surface area contributed by atoms with Crippen molar-refractivity contribution >= 4 is 11.9 Å². The lowest BCUT2D eigenvalue weighted by molar-refractivity contribution is -0.163. The summed E-state index contributed by atoms with van der Waals surface area (Å²) in [4.78, 5) is 27.0. The quantitative estimate of drug-likeness (QED) is 0.855. The molecule has 1 aromatic rings. The maximum Gasteiger partial charge on any atom is 0.306 e. The van der Waals surface area contributed by atoms with Crippen molar-refractivity contribution in [1.82, 2.24) is 4.90 Å². The molecule has 2 atom stereocenters. The summed E-state index contributed by atoms with van der Waals surface area (Å²) in [5.41, 5.74) is 2.70. The van der Waals surface area contributed by atoms with Gasteiger partial charge in [0, 0.05) is 13.1 Å². The molecule has 0 spiro atoms. The molecule has 6 rings (SSSR count). The number of aryl methyl sites for hydroxylation is 1. The van der Waals surface area contributed by atoms with Crippen LogP contribution in [-0.4, -0.2) is 35.0 Å². The zero-order chi connectivity index (χ0) is 19.5. The lowest BCUT2D eigenvalue weighted by atomic mass is 9.42. The average molecular weight is 382 g/mol. The molecule has 0 unspecified atom stereocenters. The summed E-state index contributed by atoms with van der Waals surface area (Å²) in [5.74, 6) is 0.688. The molecular weight excluding hydrogens is 350 g/mol. The predicted molar refractivity (Wildman–Crippen MR) is 107 cm³/mol. The molecule has 4 bridgehead atoms.